The van der Waals surface area contributed by atoms with Gasteiger partial charge in [-0.3, -0.25) is 4.79 Å². The fraction of sp³-hybridized carbons (Fsp3) is 0.400. The number of aromatic nitrogens is 1. The number of nitrogens with zero attached hydrogens (tertiary/aromatic N) is 2. The minimum absolute atomic E-state index is 0.0667. The van der Waals surface area contributed by atoms with Crippen molar-refractivity contribution in [3.8, 4) is 0 Å². The van der Waals surface area contributed by atoms with E-state index in [0.29, 0.717) is 11.6 Å². The predicted molar refractivity (Wildman–Crippen MR) is 101 cm³/mol. The molecule has 0 atom stereocenters. The van der Waals surface area contributed by atoms with Crippen LogP contribution in [0.25, 0.3) is 0 Å². The molecule has 136 valence electrons. The van der Waals surface area contributed by atoms with Gasteiger partial charge in [-0.25, -0.2) is 4.98 Å². The molecule has 4 rings (SSSR count). The fourth-order valence-corrected chi connectivity index (χ4v) is 3.60. The molecular formula is C20H22ClN3O2. The molecule has 2 fully saturated rings. The van der Waals surface area contributed by atoms with E-state index >= 15 is 0 Å². The molecule has 1 aliphatic heterocycles. The second-order valence-corrected chi connectivity index (χ2v) is 7.34. The van der Waals surface area contributed by atoms with Gasteiger partial charge < -0.3 is 15.0 Å². The number of hydrogen-bond donors (Lipinski definition) is 1. The summed E-state index contributed by atoms with van der Waals surface area (Å²) in [5.74, 6) is 1.03. The molecule has 1 amide bonds. The maximum atomic E-state index is 12.7. The zero-order valence-electron chi connectivity index (χ0n) is 14.6. The molecule has 0 bridgehead atoms. The van der Waals surface area contributed by atoms with E-state index in [1.54, 1.807) is 0 Å². The second-order valence-electron chi connectivity index (χ2n) is 6.90. The maximum absolute atomic E-state index is 12.7. The van der Waals surface area contributed by atoms with Gasteiger partial charge >= 0.3 is 0 Å². The lowest BCUT2D eigenvalue weighted by molar-refractivity contribution is -0.123. The van der Waals surface area contributed by atoms with E-state index < -0.39 is 5.41 Å². The van der Waals surface area contributed by atoms with Crippen LogP contribution in [0.3, 0.4) is 0 Å². The minimum atomic E-state index is -0.411. The highest BCUT2D eigenvalue weighted by Crippen LogP contribution is 2.48. The molecule has 26 heavy (non-hydrogen) atoms. The topological polar surface area (TPSA) is 54.5 Å². The number of benzene rings is 1. The molecule has 2 aromatic rings. The number of anilines is 1. The standard InChI is InChI=1S/C20H22ClN3O2/c21-17-3-1-2-16(12-17)20(6-7-20)19(25)23-14-15-4-5-18(22-13-15)24-8-10-26-11-9-24/h1-5,12-13H,6-11,14H2,(H,23,25). The highest BCUT2D eigenvalue weighted by atomic mass is 35.5. The van der Waals surface area contributed by atoms with Gasteiger partial charge in [-0.05, 0) is 42.2 Å². The molecule has 1 aromatic carbocycles. The van der Waals surface area contributed by atoms with Crippen LogP contribution in [0.5, 0.6) is 0 Å². The molecule has 1 aromatic heterocycles. The summed E-state index contributed by atoms with van der Waals surface area (Å²) in [4.78, 5) is 19.5. The van der Waals surface area contributed by atoms with Gasteiger partial charge in [-0.1, -0.05) is 29.8 Å². The third-order valence-corrected chi connectivity index (χ3v) is 5.39. The van der Waals surface area contributed by atoms with E-state index in [1.807, 2.05) is 42.6 Å². The van der Waals surface area contributed by atoms with Crippen LogP contribution in [-0.2, 0) is 21.5 Å². The van der Waals surface area contributed by atoms with Crippen molar-refractivity contribution in [2.75, 3.05) is 31.2 Å². The van der Waals surface area contributed by atoms with E-state index in [0.717, 1.165) is 56.1 Å². The van der Waals surface area contributed by atoms with Crippen molar-refractivity contribution in [3.05, 3.63) is 58.7 Å². The summed E-state index contributed by atoms with van der Waals surface area (Å²) in [5.41, 5.74) is 1.59. The van der Waals surface area contributed by atoms with Crippen molar-refractivity contribution in [1.29, 1.82) is 0 Å². The van der Waals surface area contributed by atoms with Gasteiger partial charge in [0.2, 0.25) is 5.91 Å². The summed E-state index contributed by atoms with van der Waals surface area (Å²) < 4.78 is 5.37. The van der Waals surface area contributed by atoms with E-state index in [2.05, 4.69) is 15.2 Å². The average molecular weight is 372 g/mol. The molecule has 5 nitrogen and oxygen atoms in total. The Balaban J connectivity index is 1.37. The van der Waals surface area contributed by atoms with Gasteiger partial charge in [0.25, 0.3) is 0 Å². The lowest BCUT2D eigenvalue weighted by Gasteiger charge is -2.27. The fourth-order valence-electron chi connectivity index (χ4n) is 3.41. The quantitative estimate of drug-likeness (QED) is 0.878. The first-order chi connectivity index (χ1) is 12.7. The highest BCUT2D eigenvalue weighted by Gasteiger charge is 2.51. The summed E-state index contributed by atoms with van der Waals surface area (Å²) >= 11 is 6.08. The Kier molecular flexibility index (Phi) is 4.83. The first-order valence-corrected chi connectivity index (χ1v) is 9.37. The number of morpholine rings is 1. The largest absolute Gasteiger partial charge is 0.378 e. The number of amides is 1. The average Bonchev–Trinajstić information content (AvgIpc) is 3.49. The number of pyridine rings is 1. The van der Waals surface area contributed by atoms with E-state index in [9.17, 15) is 4.79 Å². The predicted octanol–water partition coefficient (Wildman–Crippen LogP) is 2.92. The van der Waals surface area contributed by atoms with Crippen molar-refractivity contribution < 1.29 is 9.53 Å². The number of hydrogen-bond acceptors (Lipinski definition) is 4. The van der Waals surface area contributed by atoms with Crippen LogP contribution >= 0.6 is 11.6 Å². The van der Waals surface area contributed by atoms with Gasteiger partial charge in [0.1, 0.15) is 5.82 Å². The summed E-state index contributed by atoms with van der Waals surface area (Å²) in [6.07, 6.45) is 3.57. The first kappa shape index (κ1) is 17.3. The molecule has 2 aliphatic rings. The SMILES string of the molecule is O=C(NCc1ccc(N2CCOCC2)nc1)C1(c2cccc(Cl)c2)CC1. The Morgan fingerprint density at radius 2 is 2.04 bits per heavy atom. The Morgan fingerprint density at radius 1 is 1.23 bits per heavy atom. The molecule has 6 heteroatoms. The van der Waals surface area contributed by atoms with E-state index in [1.165, 1.54) is 0 Å². The van der Waals surface area contributed by atoms with Crippen LogP contribution in [-0.4, -0.2) is 37.2 Å². The molecule has 1 aliphatic carbocycles. The Hall–Kier alpha value is -2.11. The van der Waals surface area contributed by atoms with Crippen LogP contribution in [0.15, 0.2) is 42.6 Å². The molecule has 0 radical (unpaired) electrons. The lowest BCUT2D eigenvalue weighted by Crippen LogP contribution is -2.36. The zero-order valence-corrected chi connectivity index (χ0v) is 15.3. The Labute approximate surface area is 158 Å². The minimum Gasteiger partial charge on any atom is -0.378 e. The Morgan fingerprint density at radius 3 is 2.69 bits per heavy atom. The van der Waals surface area contributed by atoms with Crippen LogP contribution in [0.2, 0.25) is 5.02 Å². The monoisotopic (exact) mass is 371 g/mol. The van der Waals surface area contributed by atoms with Gasteiger partial charge in [0.15, 0.2) is 0 Å². The number of carbonyl (C=O) groups is 1. The normalized spacial score (nSPS) is 18.4. The van der Waals surface area contributed by atoms with Gasteiger partial charge in [-0.2, -0.15) is 0 Å². The number of ether oxygens (including phenoxy) is 1. The molecular weight excluding hydrogens is 350 g/mol. The summed E-state index contributed by atoms with van der Waals surface area (Å²) in [5, 5.41) is 3.73. The number of rotatable bonds is 5. The number of carbonyl (C=O) groups excluding carboxylic acids is 1. The smallest absolute Gasteiger partial charge is 0.230 e. The number of halogens is 1. The molecule has 1 N–H and O–H groups in total. The third-order valence-electron chi connectivity index (χ3n) is 5.16. The molecule has 1 saturated carbocycles. The lowest BCUT2D eigenvalue weighted by atomic mass is 9.95. The van der Waals surface area contributed by atoms with Crippen molar-refractivity contribution in [2.45, 2.75) is 24.8 Å². The van der Waals surface area contributed by atoms with Crippen LogP contribution in [0.1, 0.15) is 24.0 Å². The molecule has 0 spiro atoms. The van der Waals surface area contributed by atoms with Crippen molar-refractivity contribution in [1.82, 2.24) is 10.3 Å². The first-order valence-electron chi connectivity index (χ1n) is 8.99. The maximum Gasteiger partial charge on any atom is 0.230 e. The summed E-state index contributed by atoms with van der Waals surface area (Å²) in [6.45, 7) is 3.70. The zero-order chi connectivity index (χ0) is 18.0. The van der Waals surface area contributed by atoms with Crippen molar-refractivity contribution in [3.63, 3.8) is 0 Å². The number of nitrogens with one attached hydrogen (secondary N) is 1. The van der Waals surface area contributed by atoms with E-state index in [-0.39, 0.29) is 5.91 Å². The van der Waals surface area contributed by atoms with Crippen LogP contribution in [0, 0.1) is 0 Å². The summed E-state index contributed by atoms with van der Waals surface area (Å²) in [6, 6.07) is 11.7. The highest BCUT2D eigenvalue weighted by molar-refractivity contribution is 6.30. The molecule has 1 saturated heterocycles. The van der Waals surface area contributed by atoms with Gasteiger partial charge in [0.05, 0.1) is 18.6 Å². The van der Waals surface area contributed by atoms with Crippen molar-refractivity contribution >= 4 is 23.3 Å². The molecule has 2 heterocycles. The Bertz CT molecular complexity index is 784. The molecule has 0 unspecified atom stereocenters. The third kappa shape index (κ3) is 3.55. The van der Waals surface area contributed by atoms with Gasteiger partial charge in [0, 0.05) is 30.9 Å². The van der Waals surface area contributed by atoms with E-state index in [4.69, 9.17) is 16.3 Å². The van der Waals surface area contributed by atoms with Crippen LogP contribution in [0.4, 0.5) is 5.82 Å². The van der Waals surface area contributed by atoms with Gasteiger partial charge in [-0.15, -0.1) is 0 Å². The summed E-state index contributed by atoms with van der Waals surface area (Å²) in [7, 11) is 0. The van der Waals surface area contributed by atoms with Crippen LogP contribution < -0.4 is 10.2 Å². The van der Waals surface area contributed by atoms with Crippen molar-refractivity contribution in [2.24, 2.45) is 0 Å². The second kappa shape index (κ2) is 7.25.